The Morgan fingerprint density at radius 1 is 1.04 bits per heavy atom. The topological polar surface area (TPSA) is 64.6 Å². The van der Waals surface area contributed by atoms with Crippen LogP contribution in [0, 0.1) is 0 Å². The Balaban J connectivity index is 1.45. The van der Waals surface area contributed by atoms with Gasteiger partial charge >= 0.3 is 0 Å². The number of ether oxygens (including phenoxy) is 2. The molecule has 1 heterocycles. The molecule has 0 aromatic heterocycles. The molecule has 6 heteroatoms. The second-order valence-corrected chi connectivity index (χ2v) is 9.40. The smallest absolute Gasteiger partial charge is 0.240 e. The Labute approximate surface area is 167 Å². The number of hydrogen-bond donors (Lipinski definition) is 1. The largest absolute Gasteiger partial charge is 0.493 e. The molecular formula is C22H27NO4S. The number of fused-ring (bicyclic) bond motifs is 1. The fraction of sp³-hybridized carbons (Fsp3) is 0.455. The number of para-hydroxylation sites is 1. The van der Waals surface area contributed by atoms with Crippen molar-refractivity contribution >= 4 is 10.0 Å². The van der Waals surface area contributed by atoms with Crippen LogP contribution in [-0.4, -0.2) is 28.2 Å². The molecule has 0 spiro atoms. The molecule has 150 valence electrons. The van der Waals surface area contributed by atoms with Crippen molar-refractivity contribution in [3.8, 4) is 11.5 Å². The van der Waals surface area contributed by atoms with Crippen molar-refractivity contribution in [3.63, 3.8) is 0 Å². The number of rotatable bonds is 5. The number of methoxy groups -OCH3 is 1. The molecule has 1 unspecified atom stereocenters. The van der Waals surface area contributed by atoms with Gasteiger partial charge in [-0.15, -0.1) is 0 Å². The van der Waals surface area contributed by atoms with E-state index in [1.807, 2.05) is 30.3 Å². The highest BCUT2D eigenvalue weighted by molar-refractivity contribution is 7.89. The van der Waals surface area contributed by atoms with Crippen molar-refractivity contribution in [2.75, 3.05) is 13.7 Å². The van der Waals surface area contributed by atoms with E-state index in [0.717, 1.165) is 5.56 Å². The van der Waals surface area contributed by atoms with Crippen molar-refractivity contribution in [1.82, 2.24) is 4.72 Å². The lowest BCUT2D eigenvalue weighted by molar-refractivity contribution is 0.240. The third kappa shape index (κ3) is 4.03. The third-order valence-electron chi connectivity index (χ3n) is 5.76. The van der Waals surface area contributed by atoms with Gasteiger partial charge in [-0.2, -0.15) is 0 Å². The van der Waals surface area contributed by atoms with E-state index in [4.69, 9.17) is 9.47 Å². The normalized spacial score (nSPS) is 20.2. The molecule has 0 amide bonds. The van der Waals surface area contributed by atoms with Crippen molar-refractivity contribution in [2.24, 2.45) is 0 Å². The molecule has 28 heavy (non-hydrogen) atoms. The zero-order valence-electron chi connectivity index (χ0n) is 16.2. The van der Waals surface area contributed by atoms with Gasteiger partial charge in [0.2, 0.25) is 10.0 Å². The van der Waals surface area contributed by atoms with Gasteiger partial charge in [0.1, 0.15) is 6.61 Å². The maximum Gasteiger partial charge on any atom is 0.240 e. The second kappa shape index (κ2) is 8.13. The van der Waals surface area contributed by atoms with E-state index >= 15 is 0 Å². The fourth-order valence-electron chi connectivity index (χ4n) is 4.27. The van der Waals surface area contributed by atoms with Crippen molar-refractivity contribution in [1.29, 1.82) is 0 Å². The minimum absolute atomic E-state index is 0.284. The quantitative estimate of drug-likeness (QED) is 0.822. The summed E-state index contributed by atoms with van der Waals surface area (Å²) in [5.74, 6) is 1.95. The maximum atomic E-state index is 12.8. The maximum absolute atomic E-state index is 12.8. The van der Waals surface area contributed by atoms with Crippen molar-refractivity contribution < 1.29 is 17.9 Å². The van der Waals surface area contributed by atoms with Gasteiger partial charge in [0.25, 0.3) is 0 Å². The lowest BCUT2D eigenvalue weighted by Gasteiger charge is -2.27. The first kappa shape index (κ1) is 19.3. The van der Waals surface area contributed by atoms with Crippen molar-refractivity contribution in [2.45, 2.75) is 55.4 Å². The zero-order chi connectivity index (χ0) is 19.6. The molecule has 2 aromatic carbocycles. The highest BCUT2D eigenvalue weighted by Gasteiger charge is 2.27. The van der Waals surface area contributed by atoms with Crippen LogP contribution in [0.2, 0.25) is 0 Å². The second-order valence-electron chi connectivity index (χ2n) is 7.69. The molecular weight excluding hydrogens is 374 g/mol. The Morgan fingerprint density at radius 3 is 2.50 bits per heavy atom. The molecule has 1 N–H and O–H groups in total. The van der Waals surface area contributed by atoms with E-state index in [-0.39, 0.29) is 12.6 Å². The summed E-state index contributed by atoms with van der Waals surface area (Å²) in [5, 5.41) is 0. The van der Waals surface area contributed by atoms with Crippen LogP contribution in [0.4, 0.5) is 0 Å². The molecule has 5 nitrogen and oxygen atoms in total. The van der Waals surface area contributed by atoms with E-state index in [1.54, 1.807) is 19.2 Å². The number of benzene rings is 2. The third-order valence-corrected chi connectivity index (χ3v) is 7.30. The highest BCUT2D eigenvalue weighted by Crippen LogP contribution is 2.35. The summed E-state index contributed by atoms with van der Waals surface area (Å²) in [4.78, 5) is 0.309. The predicted octanol–water partition coefficient (Wildman–Crippen LogP) is 4.02. The van der Waals surface area contributed by atoms with Gasteiger partial charge < -0.3 is 9.47 Å². The van der Waals surface area contributed by atoms with Gasteiger partial charge in [0.15, 0.2) is 11.5 Å². The van der Waals surface area contributed by atoms with Gasteiger partial charge in [-0.3, -0.25) is 0 Å². The minimum atomic E-state index is -3.59. The highest BCUT2D eigenvalue weighted by atomic mass is 32.2. The fourth-order valence-corrected chi connectivity index (χ4v) is 5.49. The molecule has 2 aromatic rings. The Kier molecular flexibility index (Phi) is 5.60. The van der Waals surface area contributed by atoms with Gasteiger partial charge in [-0.1, -0.05) is 43.5 Å². The molecule has 1 saturated carbocycles. The number of nitrogens with one attached hydrogen (secondary N) is 1. The van der Waals surface area contributed by atoms with E-state index in [9.17, 15) is 8.42 Å². The van der Waals surface area contributed by atoms with Crippen LogP contribution in [0.5, 0.6) is 11.5 Å². The molecule has 1 atom stereocenters. The summed E-state index contributed by atoms with van der Waals surface area (Å²) in [6.45, 7) is 0.284. The zero-order valence-corrected chi connectivity index (χ0v) is 17.0. The van der Waals surface area contributed by atoms with E-state index in [0.29, 0.717) is 28.7 Å². The predicted molar refractivity (Wildman–Crippen MR) is 109 cm³/mol. The molecule has 0 radical (unpaired) electrons. The number of hydrogen-bond acceptors (Lipinski definition) is 4. The molecule has 0 bridgehead atoms. The average Bonchev–Trinajstić information content (AvgIpc) is 2.73. The molecule has 0 saturated heterocycles. The first-order chi connectivity index (χ1) is 13.6. The summed E-state index contributed by atoms with van der Waals surface area (Å²) in [5.41, 5.74) is 2.20. The van der Waals surface area contributed by atoms with Gasteiger partial charge in [-0.25, -0.2) is 13.1 Å². The summed E-state index contributed by atoms with van der Waals surface area (Å²) < 4.78 is 39.6. The Morgan fingerprint density at radius 2 is 1.79 bits per heavy atom. The standard InChI is InChI=1S/C22H27NO4S/c1-26-21-9-5-8-18-14-19(15-27-22(18)21)23-28(24,25)20-12-10-17(11-13-20)16-6-3-2-4-7-16/h5,8-13,16,19,23H,2-4,6-7,14-15H2,1H3. The van der Waals surface area contributed by atoms with Crippen LogP contribution in [-0.2, 0) is 16.4 Å². The van der Waals surface area contributed by atoms with Gasteiger partial charge in [0.05, 0.1) is 18.0 Å². The summed E-state index contributed by atoms with van der Waals surface area (Å²) in [7, 11) is -1.98. The summed E-state index contributed by atoms with van der Waals surface area (Å²) in [6, 6.07) is 12.8. The van der Waals surface area contributed by atoms with Crippen LogP contribution < -0.4 is 14.2 Å². The van der Waals surface area contributed by atoms with Gasteiger partial charge in [0, 0.05) is 0 Å². The van der Waals surface area contributed by atoms with Gasteiger partial charge in [-0.05, 0) is 54.5 Å². The lowest BCUT2D eigenvalue weighted by atomic mass is 9.84. The summed E-state index contributed by atoms with van der Waals surface area (Å²) in [6.07, 6.45) is 6.82. The SMILES string of the molecule is COc1cccc2c1OCC(NS(=O)(=O)c1ccc(C3CCCCC3)cc1)C2. The monoisotopic (exact) mass is 401 g/mol. The van der Waals surface area contributed by atoms with Crippen LogP contribution in [0.3, 0.4) is 0 Å². The van der Waals surface area contributed by atoms with Crippen LogP contribution in [0.15, 0.2) is 47.4 Å². The molecule has 1 fully saturated rings. The lowest BCUT2D eigenvalue weighted by Crippen LogP contribution is -2.42. The van der Waals surface area contributed by atoms with E-state index in [1.165, 1.54) is 37.7 Å². The first-order valence-electron chi connectivity index (χ1n) is 9.98. The average molecular weight is 402 g/mol. The molecule has 1 aliphatic heterocycles. The Hall–Kier alpha value is -2.05. The van der Waals surface area contributed by atoms with E-state index < -0.39 is 10.0 Å². The minimum Gasteiger partial charge on any atom is -0.493 e. The number of sulfonamides is 1. The van der Waals surface area contributed by atoms with Crippen molar-refractivity contribution in [3.05, 3.63) is 53.6 Å². The molecule has 1 aliphatic carbocycles. The van der Waals surface area contributed by atoms with Crippen LogP contribution in [0.1, 0.15) is 49.1 Å². The summed E-state index contributed by atoms with van der Waals surface area (Å²) >= 11 is 0. The van der Waals surface area contributed by atoms with Crippen LogP contribution in [0.25, 0.3) is 0 Å². The Bertz CT molecular complexity index is 918. The first-order valence-corrected chi connectivity index (χ1v) is 11.5. The van der Waals surface area contributed by atoms with Crippen LogP contribution >= 0.6 is 0 Å². The molecule has 4 rings (SSSR count). The molecule has 2 aliphatic rings. The van der Waals surface area contributed by atoms with E-state index in [2.05, 4.69) is 4.72 Å².